The number of fused-ring (bicyclic) bond motifs is 1. The number of ether oxygens (including phenoxy) is 1. The summed E-state index contributed by atoms with van der Waals surface area (Å²) in [6, 6.07) is 3.89. The number of nitrogens with one attached hydrogen (secondary N) is 1. The van der Waals surface area contributed by atoms with E-state index in [0.717, 1.165) is 5.56 Å². The predicted molar refractivity (Wildman–Crippen MR) is 77.2 cm³/mol. The maximum atomic E-state index is 12.2. The van der Waals surface area contributed by atoms with E-state index in [9.17, 15) is 14.4 Å². The molecule has 1 aromatic rings. The summed E-state index contributed by atoms with van der Waals surface area (Å²) >= 11 is 0. The van der Waals surface area contributed by atoms with Crippen molar-refractivity contribution in [1.29, 1.82) is 0 Å². The third-order valence-electron chi connectivity index (χ3n) is 3.51. The number of benzene rings is 1. The first kappa shape index (κ1) is 18.5. The van der Waals surface area contributed by atoms with Gasteiger partial charge in [0, 0.05) is 33.0 Å². The number of methoxy groups -OCH3 is 1. The summed E-state index contributed by atoms with van der Waals surface area (Å²) in [5.74, 6) is -0.711. The number of amides is 1. The van der Waals surface area contributed by atoms with Crippen LogP contribution in [0.5, 0.6) is 0 Å². The van der Waals surface area contributed by atoms with Gasteiger partial charge in [-0.1, -0.05) is 19.1 Å². The van der Waals surface area contributed by atoms with Crippen molar-refractivity contribution in [3.8, 4) is 0 Å². The first-order valence-electron chi connectivity index (χ1n) is 6.67. The summed E-state index contributed by atoms with van der Waals surface area (Å²) < 4.78 is 4.71. The molecule has 2 unspecified atom stereocenters. The van der Waals surface area contributed by atoms with Gasteiger partial charge in [-0.3, -0.25) is 14.5 Å². The SMILES string of the molecule is COC(=O)C1Cc2cccc(C(=O)CC(C)[NH-])c2N1C=O.[Pt]. The molecule has 22 heavy (non-hydrogen) atoms. The smallest absolute Gasteiger partial charge is 0.329 e. The predicted octanol–water partition coefficient (Wildman–Crippen LogP) is 1.76. The molecular weight excluding hydrogens is 467 g/mol. The van der Waals surface area contributed by atoms with E-state index in [0.29, 0.717) is 24.1 Å². The van der Waals surface area contributed by atoms with Crippen molar-refractivity contribution in [2.24, 2.45) is 0 Å². The van der Waals surface area contributed by atoms with Gasteiger partial charge >= 0.3 is 5.97 Å². The van der Waals surface area contributed by atoms with Crippen LogP contribution in [0.4, 0.5) is 5.69 Å². The summed E-state index contributed by atoms with van der Waals surface area (Å²) in [7, 11) is 1.27. The number of ketones is 1. The molecule has 0 saturated heterocycles. The zero-order chi connectivity index (χ0) is 15.6. The second-order valence-electron chi connectivity index (χ2n) is 5.10. The van der Waals surface area contributed by atoms with Gasteiger partial charge in [0.15, 0.2) is 5.78 Å². The van der Waals surface area contributed by atoms with Crippen LogP contribution in [-0.4, -0.2) is 37.4 Å². The van der Waals surface area contributed by atoms with Crippen LogP contribution in [0, 0.1) is 0 Å². The van der Waals surface area contributed by atoms with E-state index < -0.39 is 18.1 Å². The van der Waals surface area contributed by atoms with Crippen LogP contribution in [0.1, 0.15) is 29.3 Å². The molecule has 2 atom stereocenters. The number of hydrogen-bond donors (Lipinski definition) is 0. The Morgan fingerprint density at radius 2 is 2.18 bits per heavy atom. The molecule has 0 aliphatic carbocycles. The molecular formula is C15H17N2O4Pt-. The molecule has 1 aliphatic heterocycles. The molecule has 0 aromatic heterocycles. The topological polar surface area (TPSA) is 87.5 Å². The van der Waals surface area contributed by atoms with Crippen molar-refractivity contribution < 1.29 is 40.2 Å². The van der Waals surface area contributed by atoms with E-state index in [-0.39, 0.29) is 33.3 Å². The molecule has 1 heterocycles. The number of para-hydroxylation sites is 1. The Hall–Kier alpha value is -1.52. The number of hydrogen-bond acceptors (Lipinski definition) is 4. The Labute approximate surface area is 143 Å². The van der Waals surface area contributed by atoms with Gasteiger partial charge < -0.3 is 10.5 Å². The molecule has 0 spiro atoms. The first-order valence-corrected chi connectivity index (χ1v) is 6.67. The number of carbonyl (C=O) groups is 3. The zero-order valence-corrected chi connectivity index (χ0v) is 14.5. The maximum absolute atomic E-state index is 12.2. The molecule has 1 aromatic carbocycles. The van der Waals surface area contributed by atoms with Crippen LogP contribution in [0.2, 0.25) is 0 Å². The number of Topliss-reactive ketones (excluding diaryl/α,β-unsaturated/α-hetero) is 1. The van der Waals surface area contributed by atoms with Crippen molar-refractivity contribution in [3.05, 3.63) is 35.1 Å². The van der Waals surface area contributed by atoms with Crippen LogP contribution in [0.25, 0.3) is 5.73 Å². The fraction of sp³-hybridized carbons (Fsp3) is 0.400. The van der Waals surface area contributed by atoms with Crippen LogP contribution in [0.15, 0.2) is 18.2 Å². The maximum Gasteiger partial charge on any atom is 0.329 e. The molecule has 1 aliphatic rings. The number of nitrogens with zero attached hydrogens (tertiary/aromatic N) is 1. The second kappa shape index (κ2) is 7.65. The Balaban J connectivity index is 0.00000242. The van der Waals surface area contributed by atoms with Gasteiger partial charge in [-0.2, -0.15) is 0 Å². The molecule has 0 bridgehead atoms. The summed E-state index contributed by atoms with van der Waals surface area (Å²) in [4.78, 5) is 36.6. The van der Waals surface area contributed by atoms with Crippen molar-refractivity contribution in [2.75, 3.05) is 12.0 Å². The van der Waals surface area contributed by atoms with Crippen molar-refractivity contribution in [3.63, 3.8) is 0 Å². The molecule has 0 saturated carbocycles. The number of esters is 1. The monoisotopic (exact) mass is 484 g/mol. The van der Waals surface area contributed by atoms with Crippen LogP contribution < -0.4 is 4.90 Å². The molecule has 2 rings (SSSR count). The molecule has 1 N–H and O–H groups in total. The zero-order valence-electron chi connectivity index (χ0n) is 12.3. The fourth-order valence-electron chi connectivity index (χ4n) is 2.60. The van der Waals surface area contributed by atoms with Gasteiger partial charge in [0.05, 0.1) is 12.8 Å². The molecule has 0 radical (unpaired) electrons. The van der Waals surface area contributed by atoms with E-state index in [1.54, 1.807) is 25.1 Å². The van der Waals surface area contributed by atoms with E-state index >= 15 is 0 Å². The van der Waals surface area contributed by atoms with Gasteiger partial charge in [0.1, 0.15) is 6.04 Å². The molecule has 122 valence electrons. The van der Waals surface area contributed by atoms with Crippen molar-refractivity contribution in [1.82, 2.24) is 0 Å². The second-order valence-corrected chi connectivity index (χ2v) is 5.10. The Bertz CT molecular complexity index is 589. The van der Waals surface area contributed by atoms with Gasteiger partial charge in [-0.05, 0) is 18.1 Å². The van der Waals surface area contributed by atoms with Crippen molar-refractivity contribution in [2.45, 2.75) is 31.8 Å². The molecule has 1 amide bonds. The third kappa shape index (κ3) is 3.45. The summed E-state index contributed by atoms with van der Waals surface area (Å²) in [5.41, 5.74) is 9.12. The van der Waals surface area contributed by atoms with Gasteiger partial charge in [-0.15, -0.1) is 6.04 Å². The summed E-state index contributed by atoms with van der Waals surface area (Å²) in [6.45, 7) is 1.63. The van der Waals surface area contributed by atoms with Gasteiger partial charge in [0.2, 0.25) is 6.41 Å². The number of carbonyl (C=O) groups excluding carboxylic acids is 3. The average Bonchev–Trinajstić information content (AvgIpc) is 2.83. The van der Waals surface area contributed by atoms with E-state index in [1.165, 1.54) is 12.0 Å². The van der Waals surface area contributed by atoms with Gasteiger partial charge in [-0.25, -0.2) is 4.79 Å². The molecule has 7 heteroatoms. The van der Waals surface area contributed by atoms with Gasteiger partial charge in [0.25, 0.3) is 0 Å². The number of anilines is 1. The van der Waals surface area contributed by atoms with Crippen LogP contribution >= 0.6 is 0 Å². The van der Waals surface area contributed by atoms with Crippen molar-refractivity contribution >= 4 is 23.9 Å². The van der Waals surface area contributed by atoms with E-state index in [2.05, 4.69) is 0 Å². The largest absolute Gasteiger partial charge is 0.675 e. The minimum absolute atomic E-state index is 0. The molecule has 6 nitrogen and oxygen atoms in total. The Kier molecular flexibility index (Phi) is 6.45. The number of rotatable bonds is 5. The summed E-state index contributed by atoms with van der Waals surface area (Å²) in [6.07, 6.45) is 0.957. The molecule has 0 fully saturated rings. The Morgan fingerprint density at radius 1 is 1.50 bits per heavy atom. The third-order valence-corrected chi connectivity index (χ3v) is 3.51. The van der Waals surface area contributed by atoms with Crippen LogP contribution in [-0.2, 0) is 41.8 Å². The first-order chi connectivity index (χ1) is 9.99. The fourth-order valence-corrected chi connectivity index (χ4v) is 2.60. The Morgan fingerprint density at radius 3 is 2.73 bits per heavy atom. The standard InChI is InChI=1S/C15H17N2O4.Pt/c1-9(16)6-13(19)11-5-3-4-10-7-12(15(20)21-2)17(8-18)14(10)11;/h3-5,8-9,12,16H,6-7H2,1-2H3;/q-1;. The van der Waals surface area contributed by atoms with Crippen LogP contribution in [0.3, 0.4) is 0 Å². The normalized spacial score (nSPS) is 17.2. The van der Waals surface area contributed by atoms with E-state index in [4.69, 9.17) is 10.5 Å². The quantitative estimate of drug-likeness (QED) is 0.362. The minimum atomic E-state index is -0.732. The minimum Gasteiger partial charge on any atom is -0.675 e. The average molecular weight is 484 g/mol. The van der Waals surface area contributed by atoms with E-state index in [1.807, 2.05) is 0 Å². The summed E-state index contributed by atoms with van der Waals surface area (Å²) in [5, 5.41) is 0.